The van der Waals surface area contributed by atoms with E-state index in [1.165, 1.54) is 122 Å². The third kappa shape index (κ3) is 25.8. The third-order valence-electron chi connectivity index (χ3n) is 7.88. The highest BCUT2D eigenvalue weighted by molar-refractivity contribution is 5.80. The van der Waals surface area contributed by atoms with Crippen molar-refractivity contribution < 1.29 is 20.1 Å². The molecular formula is C34H67NO4. The molecular weight excluding hydrogens is 486 g/mol. The summed E-state index contributed by atoms with van der Waals surface area (Å²) in [7, 11) is 0. The van der Waals surface area contributed by atoms with Crippen LogP contribution in [-0.2, 0) is 4.79 Å². The Balaban J connectivity index is 3.77. The van der Waals surface area contributed by atoms with Crippen molar-refractivity contribution in [2.45, 2.75) is 193 Å². The number of nitrogens with one attached hydrogen (secondary N) is 1. The Morgan fingerprint density at radius 3 is 1.41 bits per heavy atom. The van der Waals surface area contributed by atoms with Crippen LogP contribution in [0.25, 0.3) is 0 Å². The molecule has 1 amide bonds. The SMILES string of the molecule is CCCCCCCCCCCCCCC/C=C/C(O)C(CO)NC(=O)C(O)CCCCCCCCCCCC. The Morgan fingerprint density at radius 2 is 1.00 bits per heavy atom. The summed E-state index contributed by atoms with van der Waals surface area (Å²) in [6.07, 6.45) is 32.2. The molecule has 4 N–H and O–H groups in total. The second-order valence-corrected chi connectivity index (χ2v) is 11.7. The van der Waals surface area contributed by atoms with E-state index in [0.29, 0.717) is 6.42 Å². The van der Waals surface area contributed by atoms with Crippen molar-refractivity contribution in [2.75, 3.05) is 6.61 Å². The molecule has 0 spiro atoms. The van der Waals surface area contributed by atoms with Gasteiger partial charge in [0, 0.05) is 0 Å². The van der Waals surface area contributed by atoms with Crippen molar-refractivity contribution in [1.29, 1.82) is 0 Å². The Labute approximate surface area is 242 Å². The lowest BCUT2D eigenvalue weighted by atomic mass is 10.0. The van der Waals surface area contributed by atoms with E-state index in [1.54, 1.807) is 6.08 Å². The zero-order valence-corrected chi connectivity index (χ0v) is 26.0. The summed E-state index contributed by atoms with van der Waals surface area (Å²) in [4.78, 5) is 12.3. The van der Waals surface area contributed by atoms with Gasteiger partial charge < -0.3 is 20.6 Å². The molecule has 0 aliphatic rings. The topological polar surface area (TPSA) is 89.8 Å². The van der Waals surface area contributed by atoms with Gasteiger partial charge in [0.15, 0.2) is 0 Å². The van der Waals surface area contributed by atoms with Crippen LogP contribution >= 0.6 is 0 Å². The first-order valence-corrected chi connectivity index (χ1v) is 17.0. The van der Waals surface area contributed by atoms with Crippen molar-refractivity contribution in [3.63, 3.8) is 0 Å². The standard InChI is InChI=1S/C34H67NO4/c1-3-5-7-9-11-13-15-16-17-18-19-21-22-24-26-28-32(37)31(30-36)35-34(39)33(38)29-27-25-23-20-14-12-10-8-6-4-2/h26,28,31-33,36-38H,3-25,27,29-30H2,1-2H3,(H,35,39)/b28-26+. The van der Waals surface area contributed by atoms with E-state index in [9.17, 15) is 20.1 Å². The molecule has 232 valence electrons. The molecule has 39 heavy (non-hydrogen) atoms. The van der Waals surface area contributed by atoms with Crippen LogP contribution in [0.3, 0.4) is 0 Å². The average molecular weight is 554 g/mol. The average Bonchev–Trinajstić information content (AvgIpc) is 2.94. The van der Waals surface area contributed by atoms with Crippen LogP contribution in [0.5, 0.6) is 0 Å². The van der Waals surface area contributed by atoms with Crippen LogP contribution < -0.4 is 5.32 Å². The number of aliphatic hydroxyl groups excluding tert-OH is 3. The first-order chi connectivity index (χ1) is 19.1. The minimum atomic E-state index is -1.09. The van der Waals surface area contributed by atoms with Crippen molar-refractivity contribution in [3.05, 3.63) is 12.2 Å². The molecule has 0 fully saturated rings. The highest BCUT2D eigenvalue weighted by atomic mass is 16.3. The molecule has 5 nitrogen and oxygen atoms in total. The maximum atomic E-state index is 12.3. The Bertz CT molecular complexity index is 539. The van der Waals surface area contributed by atoms with E-state index in [-0.39, 0.29) is 6.61 Å². The summed E-state index contributed by atoms with van der Waals surface area (Å²) in [5.41, 5.74) is 0. The summed E-state index contributed by atoms with van der Waals surface area (Å²) >= 11 is 0. The normalized spacial score (nSPS) is 14.1. The van der Waals surface area contributed by atoms with Crippen LogP contribution in [0.1, 0.15) is 174 Å². The molecule has 0 aromatic carbocycles. The van der Waals surface area contributed by atoms with Gasteiger partial charge in [-0.2, -0.15) is 0 Å². The number of unbranched alkanes of at least 4 members (excludes halogenated alkanes) is 22. The van der Waals surface area contributed by atoms with Crippen molar-refractivity contribution >= 4 is 5.91 Å². The van der Waals surface area contributed by atoms with E-state index in [2.05, 4.69) is 19.2 Å². The second kappa shape index (κ2) is 30.1. The lowest BCUT2D eigenvalue weighted by Gasteiger charge is -2.21. The summed E-state index contributed by atoms with van der Waals surface area (Å²) in [6.45, 7) is 4.14. The van der Waals surface area contributed by atoms with Crippen LogP contribution in [0, 0.1) is 0 Å². The van der Waals surface area contributed by atoms with E-state index in [1.807, 2.05) is 6.08 Å². The summed E-state index contributed by atoms with van der Waals surface area (Å²) in [5, 5.41) is 32.8. The van der Waals surface area contributed by atoms with E-state index < -0.39 is 24.2 Å². The van der Waals surface area contributed by atoms with E-state index >= 15 is 0 Å². The van der Waals surface area contributed by atoms with Crippen molar-refractivity contribution in [3.8, 4) is 0 Å². The molecule has 0 aromatic heterocycles. The van der Waals surface area contributed by atoms with Crippen LogP contribution in [0.2, 0.25) is 0 Å². The number of hydrogen-bond acceptors (Lipinski definition) is 4. The fraction of sp³-hybridized carbons (Fsp3) is 0.912. The van der Waals surface area contributed by atoms with Gasteiger partial charge in [-0.3, -0.25) is 4.79 Å². The number of aliphatic hydroxyl groups is 3. The number of amides is 1. The van der Waals surface area contributed by atoms with Crippen molar-refractivity contribution in [1.82, 2.24) is 5.32 Å². The quantitative estimate of drug-likeness (QED) is 0.0530. The fourth-order valence-corrected chi connectivity index (χ4v) is 5.12. The molecule has 0 bridgehead atoms. The van der Waals surface area contributed by atoms with Gasteiger partial charge in [0.2, 0.25) is 5.91 Å². The number of hydrogen-bond donors (Lipinski definition) is 4. The lowest BCUT2D eigenvalue weighted by molar-refractivity contribution is -0.131. The van der Waals surface area contributed by atoms with Gasteiger partial charge in [-0.25, -0.2) is 0 Å². The molecule has 0 rings (SSSR count). The number of allylic oxidation sites excluding steroid dienone is 1. The van der Waals surface area contributed by atoms with Crippen LogP contribution in [0.15, 0.2) is 12.2 Å². The monoisotopic (exact) mass is 554 g/mol. The molecule has 0 saturated heterocycles. The first-order valence-electron chi connectivity index (χ1n) is 17.0. The van der Waals surface area contributed by atoms with Crippen LogP contribution in [-0.4, -0.2) is 46.1 Å². The third-order valence-corrected chi connectivity index (χ3v) is 7.88. The van der Waals surface area contributed by atoms with Gasteiger partial charge in [-0.05, 0) is 19.3 Å². The molecule has 3 atom stereocenters. The highest BCUT2D eigenvalue weighted by Crippen LogP contribution is 2.14. The zero-order chi connectivity index (χ0) is 28.8. The van der Waals surface area contributed by atoms with Crippen LogP contribution in [0.4, 0.5) is 0 Å². The maximum absolute atomic E-state index is 12.3. The van der Waals surface area contributed by atoms with E-state index in [0.717, 1.165) is 32.1 Å². The predicted octanol–water partition coefficient (Wildman–Crippen LogP) is 8.53. The minimum Gasteiger partial charge on any atom is -0.394 e. The minimum absolute atomic E-state index is 0.360. The van der Waals surface area contributed by atoms with Gasteiger partial charge >= 0.3 is 0 Å². The Morgan fingerprint density at radius 1 is 0.615 bits per heavy atom. The molecule has 0 saturated carbocycles. The predicted molar refractivity (Wildman–Crippen MR) is 167 cm³/mol. The molecule has 0 heterocycles. The van der Waals surface area contributed by atoms with Gasteiger partial charge in [-0.1, -0.05) is 167 Å². The summed E-state index contributed by atoms with van der Waals surface area (Å²) < 4.78 is 0. The van der Waals surface area contributed by atoms with Gasteiger partial charge in [-0.15, -0.1) is 0 Å². The van der Waals surface area contributed by atoms with Gasteiger partial charge in [0.25, 0.3) is 0 Å². The van der Waals surface area contributed by atoms with E-state index in [4.69, 9.17) is 0 Å². The van der Waals surface area contributed by atoms with Gasteiger partial charge in [0.1, 0.15) is 6.10 Å². The molecule has 0 aliphatic heterocycles. The number of carbonyl (C=O) groups is 1. The first kappa shape index (κ1) is 38.1. The molecule has 0 aromatic rings. The second-order valence-electron chi connectivity index (χ2n) is 11.7. The Hall–Kier alpha value is -0.910. The summed E-state index contributed by atoms with van der Waals surface area (Å²) in [5.74, 6) is -0.506. The number of carbonyl (C=O) groups excluding carboxylic acids is 1. The smallest absolute Gasteiger partial charge is 0.249 e. The molecule has 0 radical (unpaired) electrons. The molecule has 0 aliphatic carbocycles. The highest BCUT2D eigenvalue weighted by Gasteiger charge is 2.22. The van der Waals surface area contributed by atoms with Gasteiger partial charge in [0.05, 0.1) is 18.8 Å². The lowest BCUT2D eigenvalue weighted by Crippen LogP contribution is -2.48. The summed E-state index contributed by atoms with van der Waals surface area (Å²) in [6, 6.07) is -0.789. The fourth-order valence-electron chi connectivity index (χ4n) is 5.12. The zero-order valence-electron chi connectivity index (χ0n) is 26.0. The molecule has 5 heteroatoms. The number of rotatable bonds is 30. The molecule has 3 unspecified atom stereocenters. The van der Waals surface area contributed by atoms with Crippen molar-refractivity contribution in [2.24, 2.45) is 0 Å². The largest absolute Gasteiger partial charge is 0.394 e. The Kier molecular flexibility index (Phi) is 29.4. The maximum Gasteiger partial charge on any atom is 0.249 e.